The Morgan fingerprint density at radius 3 is 2.48 bits per heavy atom. The molecular formula is C16H30N2O2S. The van der Waals surface area contributed by atoms with E-state index in [2.05, 4.69) is 31.0 Å². The van der Waals surface area contributed by atoms with E-state index >= 15 is 0 Å². The number of nitrogens with one attached hydrogen (secondary N) is 1. The van der Waals surface area contributed by atoms with E-state index < -0.39 is 10.8 Å². The van der Waals surface area contributed by atoms with Gasteiger partial charge in [-0.15, -0.1) is 0 Å². The lowest BCUT2D eigenvalue weighted by Gasteiger charge is -2.31. The Kier molecular flexibility index (Phi) is 5.47. The first-order valence-corrected chi connectivity index (χ1v) is 9.99. The quantitative estimate of drug-likeness (QED) is 0.818. The van der Waals surface area contributed by atoms with Crippen LogP contribution in [0.4, 0.5) is 0 Å². The van der Waals surface area contributed by atoms with Gasteiger partial charge in [0.15, 0.2) is 0 Å². The second kappa shape index (κ2) is 6.78. The fourth-order valence-corrected chi connectivity index (χ4v) is 4.45. The molecule has 5 heteroatoms. The van der Waals surface area contributed by atoms with E-state index in [1.807, 2.05) is 0 Å². The molecule has 1 amide bonds. The van der Waals surface area contributed by atoms with E-state index in [-0.39, 0.29) is 17.7 Å². The summed E-state index contributed by atoms with van der Waals surface area (Å²) >= 11 is 0. The molecule has 1 saturated heterocycles. The highest BCUT2D eigenvalue weighted by Crippen LogP contribution is 2.38. The van der Waals surface area contributed by atoms with E-state index in [0.29, 0.717) is 17.6 Å². The third-order valence-electron chi connectivity index (χ3n) is 4.87. The molecule has 3 atom stereocenters. The SMILES string of the molecule is CC(C)CC1NC2(CCCC2)C(=O)N1C(C)CCS(C)=O. The third kappa shape index (κ3) is 3.67. The van der Waals surface area contributed by atoms with Gasteiger partial charge in [-0.25, -0.2) is 0 Å². The highest BCUT2D eigenvalue weighted by molar-refractivity contribution is 7.84. The van der Waals surface area contributed by atoms with Crippen molar-refractivity contribution in [3.8, 4) is 0 Å². The van der Waals surface area contributed by atoms with Crippen LogP contribution in [0.3, 0.4) is 0 Å². The largest absolute Gasteiger partial charge is 0.323 e. The van der Waals surface area contributed by atoms with Gasteiger partial charge in [0.1, 0.15) is 0 Å². The number of nitrogens with zero attached hydrogens (tertiary/aromatic N) is 1. The van der Waals surface area contributed by atoms with Crippen molar-refractivity contribution in [2.24, 2.45) is 5.92 Å². The van der Waals surface area contributed by atoms with Crippen LogP contribution in [0.1, 0.15) is 59.3 Å². The van der Waals surface area contributed by atoms with E-state index in [9.17, 15) is 9.00 Å². The average Bonchev–Trinajstić information content (AvgIpc) is 2.94. The maximum Gasteiger partial charge on any atom is 0.244 e. The van der Waals surface area contributed by atoms with Gasteiger partial charge in [0.25, 0.3) is 0 Å². The van der Waals surface area contributed by atoms with Gasteiger partial charge in [0.2, 0.25) is 5.91 Å². The van der Waals surface area contributed by atoms with E-state index in [0.717, 1.165) is 38.5 Å². The molecule has 0 aromatic heterocycles. The van der Waals surface area contributed by atoms with Crippen LogP contribution < -0.4 is 5.32 Å². The molecule has 1 spiro atoms. The minimum absolute atomic E-state index is 0.149. The number of amides is 1. The summed E-state index contributed by atoms with van der Waals surface area (Å²) in [6, 6.07) is 0.164. The topological polar surface area (TPSA) is 49.4 Å². The highest BCUT2D eigenvalue weighted by Gasteiger charge is 2.53. The lowest BCUT2D eigenvalue weighted by Crippen LogP contribution is -2.45. The average molecular weight is 314 g/mol. The predicted octanol–water partition coefficient (Wildman–Crippen LogP) is 2.26. The van der Waals surface area contributed by atoms with Crippen molar-refractivity contribution in [3.63, 3.8) is 0 Å². The molecule has 2 aliphatic rings. The first-order chi connectivity index (χ1) is 9.85. The summed E-state index contributed by atoms with van der Waals surface area (Å²) in [7, 11) is -0.788. The summed E-state index contributed by atoms with van der Waals surface area (Å²) in [5.74, 6) is 1.52. The van der Waals surface area contributed by atoms with Gasteiger partial charge in [0, 0.05) is 28.9 Å². The molecule has 0 aromatic rings. The molecule has 1 aliphatic heterocycles. The van der Waals surface area contributed by atoms with Crippen LogP contribution in [-0.2, 0) is 15.6 Å². The summed E-state index contributed by atoms with van der Waals surface area (Å²) in [4.78, 5) is 15.1. The number of hydrogen-bond acceptors (Lipinski definition) is 3. The van der Waals surface area contributed by atoms with Gasteiger partial charge in [0.05, 0.1) is 11.7 Å². The molecule has 0 aromatic carbocycles. The minimum atomic E-state index is -0.788. The molecule has 0 bridgehead atoms. The van der Waals surface area contributed by atoms with Gasteiger partial charge >= 0.3 is 0 Å². The second-order valence-electron chi connectivity index (χ2n) is 7.21. The summed E-state index contributed by atoms with van der Waals surface area (Å²) in [5, 5.41) is 3.67. The Morgan fingerprint density at radius 1 is 1.33 bits per heavy atom. The van der Waals surface area contributed by atoms with Crippen LogP contribution in [0.25, 0.3) is 0 Å². The van der Waals surface area contributed by atoms with Crippen molar-refractivity contribution in [2.75, 3.05) is 12.0 Å². The molecular weight excluding hydrogens is 284 g/mol. The van der Waals surface area contributed by atoms with E-state index in [1.165, 1.54) is 0 Å². The van der Waals surface area contributed by atoms with Crippen molar-refractivity contribution >= 4 is 16.7 Å². The normalized spacial score (nSPS) is 27.8. The molecule has 3 unspecified atom stereocenters. The number of rotatable bonds is 6. The number of carbonyl (C=O) groups is 1. The van der Waals surface area contributed by atoms with Crippen molar-refractivity contribution in [1.82, 2.24) is 10.2 Å². The number of hydrogen-bond donors (Lipinski definition) is 1. The van der Waals surface area contributed by atoms with Crippen LogP contribution in [0.15, 0.2) is 0 Å². The van der Waals surface area contributed by atoms with Crippen LogP contribution >= 0.6 is 0 Å². The van der Waals surface area contributed by atoms with Crippen LogP contribution in [0.2, 0.25) is 0 Å². The van der Waals surface area contributed by atoms with Crippen molar-refractivity contribution in [2.45, 2.75) is 77.0 Å². The predicted molar refractivity (Wildman–Crippen MR) is 87.4 cm³/mol. The van der Waals surface area contributed by atoms with Gasteiger partial charge in [-0.3, -0.25) is 14.3 Å². The zero-order valence-electron chi connectivity index (χ0n) is 13.9. The number of carbonyl (C=O) groups excluding carboxylic acids is 1. The van der Waals surface area contributed by atoms with Gasteiger partial charge in [-0.1, -0.05) is 26.7 Å². The van der Waals surface area contributed by atoms with Crippen molar-refractivity contribution in [1.29, 1.82) is 0 Å². The molecule has 21 heavy (non-hydrogen) atoms. The third-order valence-corrected chi connectivity index (χ3v) is 5.68. The first-order valence-electron chi connectivity index (χ1n) is 8.26. The first kappa shape index (κ1) is 16.9. The van der Waals surface area contributed by atoms with Crippen LogP contribution in [0.5, 0.6) is 0 Å². The molecule has 2 fully saturated rings. The summed E-state index contributed by atoms with van der Waals surface area (Å²) < 4.78 is 11.3. The zero-order chi connectivity index (χ0) is 15.6. The Labute approximate surface area is 131 Å². The van der Waals surface area contributed by atoms with Gasteiger partial charge in [-0.2, -0.15) is 0 Å². The Hall–Kier alpha value is -0.420. The van der Waals surface area contributed by atoms with Crippen molar-refractivity contribution in [3.05, 3.63) is 0 Å². The molecule has 1 heterocycles. The molecule has 0 radical (unpaired) electrons. The lowest BCUT2D eigenvalue weighted by atomic mass is 9.97. The Balaban J connectivity index is 2.13. The Bertz CT molecular complexity index is 405. The summed E-state index contributed by atoms with van der Waals surface area (Å²) in [6.45, 7) is 6.51. The molecule has 2 rings (SSSR count). The van der Waals surface area contributed by atoms with Crippen LogP contribution in [-0.4, -0.2) is 44.8 Å². The smallest absolute Gasteiger partial charge is 0.244 e. The second-order valence-corrected chi connectivity index (χ2v) is 8.76. The molecule has 1 N–H and O–H groups in total. The lowest BCUT2D eigenvalue weighted by molar-refractivity contribution is -0.135. The Morgan fingerprint density at radius 2 is 1.95 bits per heavy atom. The fraction of sp³-hybridized carbons (Fsp3) is 0.938. The highest BCUT2D eigenvalue weighted by atomic mass is 32.2. The van der Waals surface area contributed by atoms with Crippen LogP contribution in [0, 0.1) is 5.92 Å². The maximum absolute atomic E-state index is 13.0. The fourth-order valence-electron chi connectivity index (χ4n) is 3.78. The van der Waals surface area contributed by atoms with Crippen molar-refractivity contribution < 1.29 is 9.00 Å². The maximum atomic E-state index is 13.0. The van der Waals surface area contributed by atoms with Gasteiger partial charge in [-0.05, 0) is 38.5 Å². The monoisotopic (exact) mass is 314 g/mol. The zero-order valence-corrected chi connectivity index (χ0v) is 14.7. The molecule has 4 nitrogen and oxygen atoms in total. The summed E-state index contributed by atoms with van der Waals surface area (Å²) in [5.41, 5.74) is -0.292. The molecule has 122 valence electrons. The molecule has 1 saturated carbocycles. The van der Waals surface area contributed by atoms with E-state index in [1.54, 1.807) is 6.26 Å². The standard InChI is InChI=1S/C16H30N2O2S/c1-12(2)11-14-17-16(8-5-6-9-16)15(19)18(14)13(3)7-10-21(4)20/h12-14,17H,5-11H2,1-4H3. The minimum Gasteiger partial charge on any atom is -0.323 e. The van der Waals surface area contributed by atoms with E-state index in [4.69, 9.17) is 0 Å². The van der Waals surface area contributed by atoms with Gasteiger partial charge < -0.3 is 4.90 Å². The summed E-state index contributed by atoms with van der Waals surface area (Å²) in [6.07, 6.45) is 7.95. The molecule has 1 aliphatic carbocycles.